The van der Waals surface area contributed by atoms with Gasteiger partial charge in [0.1, 0.15) is 5.82 Å². The second-order valence-electron chi connectivity index (χ2n) is 7.57. The third kappa shape index (κ3) is 4.15. The lowest BCUT2D eigenvalue weighted by Crippen LogP contribution is -2.39. The number of imidazole rings is 1. The molecule has 128 valence electrons. The third-order valence-corrected chi connectivity index (χ3v) is 5.90. The predicted octanol–water partition coefficient (Wildman–Crippen LogP) is 3.71. The van der Waals surface area contributed by atoms with Crippen molar-refractivity contribution in [1.29, 1.82) is 0 Å². The zero-order chi connectivity index (χ0) is 16.2. The standard InChI is InChI=1S/C19H31N3O/c1-15-13-20-16(2)22(15)14-18-9-11-21(12-10-18)19(23)8-7-17-5-3-4-6-17/h13,17-18H,3-12,14H2,1-2H3. The van der Waals surface area contributed by atoms with Crippen molar-refractivity contribution >= 4 is 5.91 Å². The van der Waals surface area contributed by atoms with E-state index < -0.39 is 0 Å². The van der Waals surface area contributed by atoms with Crippen LogP contribution in [0.2, 0.25) is 0 Å². The van der Waals surface area contributed by atoms with Crippen LogP contribution in [0.1, 0.15) is 62.9 Å². The molecular formula is C19H31N3O. The average Bonchev–Trinajstić information content (AvgIpc) is 3.18. The van der Waals surface area contributed by atoms with Crippen molar-refractivity contribution in [2.45, 2.75) is 71.8 Å². The van der Waals surface area contributed by atoms with Crippen LogP contribution >= 0.6 is 0 Å². The molecule has 1 saturated heterocycles. The first-order chi connectivity index (χ1) is 11.1. The molecule has 0 spiro atoms. The molecule has 0 unspecified atom stereocenters. The van der Waals surface area contributed by atoms with Gasteiger partial charge in [-0.1, -0.05) is 25.7 Å². The number of hydrogen-bond donors (Lipinski definition) is 0. The van der Waals surface area contributed by atoms with Gasteiger partial charge in [-0.05, 0) is 44.9 Å². The molecule has 0 bridgehead atoms. The van der Waals surface area contributed by atoms with Crippen molar-refractivity contribution < 1.29 is 4.79 Å². The zero-order valence-corrected chi connectivity index (χ0v) is 14.8. The number of amides is 1. The normalized spacial score (nSPS) is 20.3. The minimum absolute atomic E-state index is 0.394. The number of rotatable bonds is 5. The summed E-state index contributed by atoms with van der Waals surface area (Å²) in [5.41, 5.74) is 1.25. The average molecular weight is 317 g/mol. The van der Waals surface area contributed by atoms with Crippen LogP contribution in [0.15, 0.2) is 6.20 Å². The molecule has 0 N–H and O–H groups in total. The largest absolute Gasteiger partial charge is 0.343 e. The van der Waals surface area contributed by atoms with Crippen LogP contribution in [-0.4, -0.2) is 33.4 Å². The predicted molar refractivity (Wildman–Crippen MR) is 92.2 cm³/mol. The Kier molecular flexibility index (Phi) is 5.39. The highest BCUT2D eigenvalue weighted by Gasteiger charge is 2.24. The monoisotopic (exact) mass is 317 g/mol. The first kappa shape index (κ1) is 16.5. The molecule has 1 aliphatic heterocycles. The first-order valence-electron chi connectivity index (χ1n) is 9.40. The number of carbonyl (C=O) groups is 1. The number of piperidine rings is 1. The third-order valence-electron chi connectivity index (χ3n) is 5.90. The minimum atomic E-state index is 0.394. The summed E-state index contributed by atoms with van der Waals surface area (Å²) < 4.78 is 2.32. The molecule has 1 saturated carbocycles. The number of carbonyl (C=O) groups excluding carboxylic acids is 1. The summed E-state index contributed by atoms with van der Waals surface area (Å²) in [6, 6.07) is 0. The Morgan fingerprint density at radius 1 is 1.13 bits per heavy atom. The fourth-order valence-electron chi connectivity index (χ4n) is 4.27. The summed E-state index contributed by atoms with van der Waals surface area (Å²) in [6.07, 6.45) is 11.5. The Hall–Kier alpha value is -1.32. The van der Waals surface area contributed by atoms with Crippen molar-refractivity contribution in [3.63, 3.8) is 0 Å². The molecule has 1 aromatic rings. The Bertz CT molecular complexity index is 503. The van der Waals surface area contributed by atoms with Crippen LogP contribution in [0.3, 0.4) is 0 Å². The van der Waals surface area contributed by atoms with Crippen molar-refractivity contribution in [2.75, 3.05) is 13.1 Å². The van der Waals surface area contributed by atoms with Gasteiger partial charge >= 0.3 is 0 Å². The maximum absolute atomic E-state index is 12.4. The SMILES string of the molecule is Cc1cnc(C)n1CC1CCN(C(=O)CCC2CCCC2)CC1. The van der Waals surface area contributed by atoms with E-state index in [-0.39, 0.29) is 0 Å². The van der Waals surface area contributed by atoms with E-state index in [2.05, 4.69) is 28.3 Å². The smallest absolute Gasteiger partial charge is 0.222 e. The minimum Gasteiger partial charge on any atom is -0.343 e. The van der Waals surface area contributed by atoms with Gasteiger partial charge in [-0.2, -0.15) is 0 Å². The molecule has 2 heterocycles. The molecule has 0 radical (unpaired) electrons. The fourth-order valence-corrected chi connectivity index (χ4v) is 4.27. The van der Waals surface area contributed by atoms with Crippen molar-refractivity contribution in [2.24, 2.45) is 11.8 Å². The van der Waals surface area contributed by atoms with E-state index in [9.17, 15) is 4.79 Å². The highest BCUT2D eigenvalue weighted by Crippen LogP contribution is 2.29. The lowest BCUT2D eigenvalue weighted by atomic mass is 9.95. The number of hydrogen-bond acceptors (Lipinski definition) is 2. The number of aryl methyl sites for hydroxylation is 2. The second-order valence-corrected chi connectivity index (χ2v) is 7.57. The maximum atomic E-state index is 12.4. The Morgan fingerprint density at radius 2 is 1.83 bits per heavy atom. The van der Waals surface area contributed by atoms with E-state index in [0.29, 0.717) is 11.8 Å². The zero-order valence-electron chi connectivity index (χ0n) is 14.8. The second kappa shape index (κ2) is 7.50. The van der Waals surface area contributed by atoms with Gasteiger partial charge in [-0.3, -0.25) is 4.79 Å². The van der Waals surface area contributed by atoms with Gasteiger partial charge in [-0.25, -0.2) is 4.98 Å². The van der Waals surface area contributed by atoms with Crippen molar-refractivity contribution in [3.8, 4) is 0 Å². The van der Waals surface area contributed by atoms with E-state index in [0.717, 1.165) is 57.1 Å². The summed E-state index contributed by atoms with van der Waals surface area (Å²) in [4.78, 5) is 18.9. The van der Waals surface area contributed by atoms with E-state index in [4.69, 9.17) is 0 Å². The lowest BCUT2D eigenvalue weighted by Gasteiger charge is -2.33. The fraction of sp³-hybridized carbons (Fsp3) is 0.789. The summed E-state index contributed by atoms with van der Waals surface area (Å²) in [7, 11) is 0. The van der Waals surface area contributed by atoms with Crippen LogP contribution in [0, 0.1) is 25.7 Å². The number of nitrogens with zero attached hydrogens (tertiary/aromatic N) is 3. The number of aromatic nitrogens is 2. The summed E-state index contributed by atoms with van der Waals surface area (Å²) >= 11 is 0. The molecule has 1 aromatic heterocycles. The van der Waals surface area contributed by atoms with Crippen LogP contribution in [0.25, 0.3) is 0 Å². The molecule has 2 fully saturated rings. The molecule has 4 nitrogen and oxygen atoms in total. The quantitative estimate of drug-likeness (QED) is 0.830. The molecule has 0 atom stereocenters. The Labute approximate surface area is 140 Å². The summed E-state index contributed by atoms with van der Waals surface area (Å²) in [5, 5.41) is 0. The van der Waals surface area contributed by atoms with E-state index in [1.165, 1.54) is 31.4 Å². The summed E-state index contributed by atoms with van der Waals surface area (Å²) in [5.74, 6) is 3.01. The van der Waals surface area contributed by atoms with Gasteiger partial charge in [0.05, 0.1) is 0 Å². The molecule has 4 heteroatoms. The topological polar surface area (TPSA) is 38.1 Å². The Balaban J connectivity index is 1.42. The molecule has 1 aliphatic carbocycles. The van der Waals surface area contributed by atoms with E-state index in [1.807, 2.05) is 6.20 Å². The maximum Gasteiger partial charge on any atom is 0.222 e. The molecule has 0 aromatic carbocycles. The van der Waals surface area contributed by atoms with Gasteiger partial charge in [0.25, 0.3) is 0 Å². The van der Waals surface area contributed by atoms with Crippen LogP contribution in [0.5, 0.6) is 0 Å². The van der Waals surface area contributed by atoms with Gasteiger partial charge < -0.3 is 9.47 Å². The van der Waals surface area contributed by atoms with Crippen LogP contribution in [0.4, 0.5) is 0 Å². The number of likely N-dealkylation sites (tertiary alicyclic amines) is 1. The molecular weight excluding hydrogens is 286 g/mol. The highest BCUT2D eigenvalue weighted by molar-refractivity contribution is 5.76. The Morgan fingerprint density at radius 3 is 2.43 bits per heavy atom. The van der Waals surface area contributed by atoms with Crippen molar-refractivity contribution in [3.05, 3.63) is 17.7 Å². The molecule has 1 amide bonds. The lowest BCUT2D eigenvalue weighted by molar-refractivity contribution is -0.133. The van der Waals surface area contributed by atoms with Crippen LogP contribution < -0.4 is 0 Å². The van der Waals surface area contributed by atoms with E-state index in [1.54, 1.807) is 0 Å². The van der Waals surface area contributed by atoms with Gasteiger partial charge in [0.15, 0.2) is 0 Å². The molecule has 3 rings (SSSR count). The molecule has 23 heavy (non-hydrogen) atoms. The van der Waals surface area contributed by atoms with Crippen molar-refractivity contribution in [1.82, 2.24) is 14.5 Å². The molecule has 2 aliphatic rings. The summed E-state index contributed by atoms with van der Waals surface area (Å²) in [6.45, 7) is 7.15. The van der Waals surface area contributed by atoms with Gasteiger partial charge in [0, 0.05) is 37.9 Å². The van der Waals surface area contributed by atoms with Crippen LogP contribution in [-0.2, 0) is 11.3 Å². The van der Waals surface area contributed by atoms with Gasteiger partial charge in [0.2, 0.25) is 5.91 Å². The highest BCUT2D eigenvalue weighted by atomic mass is 16.2. The van der Waals surface area contributed by atoms with E-state index >= 15 is 0 Å². The first-order valence-corrected chi connectivity index (χ1v) is 9.40. The van der Waals surface area contributed by atoms with Gasteiger partial charge in [-0.15, -0.1) is 0 Å².